The molecule has 0 atom stereocenters. The molecule has 2 heterocycles. The van der Waals surface area contributed by atoms with Crippen molar-refractivity contribution in [2.45, 2.75) is 69.4 Å². The van der Waals surface area contributed by atoms with Crippen LogP contribution < -0.4 is 5.32 Å². The molecule has 4 nitrogen and oxygen atoms in total. The number of phenolic OH excluding ortho intramolecular Hbond substituents is 1. The van der Waals surface area contributed by atoms with Gasteiger partial charge in [-0.1, -0.05) is 29.3 Å². The number of rotatable bonds is 6. The third-order valence-electron chi connectivity index (χ3n) is 8.26. The van der Waals surface area contributed by atoms with E-state index >= 15 is 0 Å². The molecule has 2 saturated carbocycles. The summed E-state index contributed by atoms with van der Waals surface area (Å²) < 4.78 is 27.5. The molecule has 1 aromatic heterocycles. The zero-order valence-corrected chi connectivity index (χ0v) is 22.1. The van der Waals surface area contributed by atoms with Gasteiger partial charge in [0.25, 0.3) is 5.92 Å². The minimum Gasteiger partial charge on any atom is -0.505 e. The van der Waals surface area contributed by atoms with Gasteiger partial charge in [-0.25, -0.2) is 8.78 Å². The number of anilines is 1. The van der Waals surface area contributed by atoms with Crippen molar-refractivity contribution in [3.05, 3.63) is 52.1 Å². The van der Waals surface area contributed by atoms with Crippen molar-refractivity contribution in [3.8, 4) is 16.9 Å². The van der Waals surface area contributed by atoms with Crippen molar-refractivity contribution in [1.29, 1.82) is 0 Å². The molecule has 3 fully saturated rings. The van der Waals surface area contributed by atoms with E-state index in [4.69, 9.17) is 28.2 Å². The Morgan fingerprint density at radius 2 is 1.73 bits per heavy atom. The van der Waals surface area contributed by atoms with Crippen LogP contribution in [0.2, 0.25) is 10.0 Å². The monoisotopic (exact) mass is 545 g/mol. The molecule has 2 N–H and O–H groups in total. The van der Waals surface area contributed by atoms with E-state index in [1.54, 1.807) is 12.1 Å². The van der Waals surface area contributed by atoms with E-state index in [1.165, 1.54) is 18.4 Å². The number of nitrogens with one attached hydrogen (secondary N) is 1. The summed E-state index contributed by atoms with van der Waals surface area (Å²) in [5.74, 6) is -1.94. The van der Waals surface area contributed by atoms with Gasteiger partial charge in [0.2, 0.25) is 0 Å². The van der Waals surface area contributed by atoms with Gasteiger partial charge in [-0.3, -0.25) is 9.88 Å². The predicted octanol–water partition coefficient (Wildman–Crippen LogP) is 7.93. The highest BCUT2D eigenvalue weighted by atomic mass is 35.5. The molecule has 2 aliphatic carbocycles. The minimum absolute atomic E-state index is 0.0154. The molecule has 6 rings (SSSR count). The molecule has 196 valence electrons. The molecule has 8 heteroatoms. The summed E-state index contributed by atoms with van der Waals surface area (Å²) >= 11 is 12.4. The molecule has 3 aliphatic rings. The summed E-state index contributed by atoms with van der Waals surface area (Å²) in [4.78, 5) is 6.76. The van der Waals surface area contributed by atoms with Gasteiger partial charge in [-0.05, 0) is 91.8 Å². The van der Waals surface area contributed by atoms with E-state index in [1.807, 2.05) is 23.2 Å². The van der Waals surface area contributed by atoms with Gasteiger partial charge in [-0.15, -0.1) is 0 Å². The van der Waals surface area contributed by atoms with Crippen LogP contribution in [0, 0.1) is 5.92 Å². The number of phenols is 1. The van der Waals surface area contributed by atoms with Crippen LogP contribution in [-0.4, -0.2) is 46.1 Å². The van der Waals surface area contributed by atoms with Gasteiger partial charge in [0, 0.05) is 42.3 Å². The van der Waals surface area contributed by atoms with Crippen LogP contribution in [0.3, 0.4) is 0 Å². The standard InChI is InChI=1S/C29H31Cl2F2N3O/c30-24-13-19(14-25(31)28(24)37)18-3-8-26-23(12-18)27(20(15-34-26)11-17-1-2-17)35-21-4-6-22(7-5-21)36-10-9-29(32,33)16-36/h3,8,12-15,17,21-22,37H,1-2,4-7,9-11,16H2,(H,34,35). The Morgan fingerprint density at radius 3 is 2.38 bits per heavy atom. The van der Waals surface area contributed by atoms with Gasteiger partial charge in [0.05, 0.1) is 22.1 Å². The first-order chi connectivity index (χ1) is 17.8. The molecule has 0 spiro atoms. The van der Waals surface area contributed by atoms with Crippen LogP contribution in [0.4, 0.5) is 14.5 Å². The fraction of sp³-hybridized carbons (Fsp3) is 0.483. The average molecular weight is 546 g/mol. The maximum Gasteiger partial charge on any atom is 0.261 e. The summed E-state index contributed by atoms with van der Waals surface area (Å²) in [7, 11) is 0. The summed E-state index contributed by atoms with van der Waals surface area (Å²) in [6.07, 6.45) is 9.30. The minimum atomic E-state index is -2.54. The van der Waals surface area contributed by atoms with E-state index in [0.717, 1.165) is 59.8 Å². The number of aromatic nitrogens is 1. The first-order valence-corrected chi connectivity index (χ1v) is 14.0. The predicted molar refractivity (Wildman–Crippen MR) is 146 cm³/mol. The maximum absolute atomic E-state index is 13.7. The van der Waals surface area contributed by atoms with Crippen LogP contribution in [0.25, 0.3) is 22.0 Å². The van der Waals surface area contributed by atoms with Crippen molar-refractivity contribution in [2.24, 2.45) is 5.92 Å². The lowest BCUT2D eigenvalue weighted by atomic mass is 9.89. The average Bonchev–Trinajstić information content (AvgIpc) is 3.63. The number of alkyl halides is 2. The van der Waals surface area contributed by atoms with Gasteiger partial charge in [0.15, 0.2) is 5.75 Å². The van der Waals surface area contributed by atoms with Gasteiger partial charge in [-0.2, -0.15) is 0 Å². The second-order valence-corrected chi connectivity index (χ2v) is 11.9. The van der Waals surface area contributed by atoms with Crippen molar-refractivity contribution >= 4 is 39.8 Å². The third kappa shape index (κ3) is 5.39. The highest BCUT2D eigenvalue weighted by Gasteiger charge is 2.41. The molecular formula is C29H31Cl2F2N3O. The molecular weight excluding hydrogens is 515 g/mol. The topological polar surface area (TPSA) is 48.4 Å². The fourth-order valence-corrected chi connectivity index (χ4v) is 6.45. The maximum atomic E-state index is 13.7. The lowest BCUT2D eigenvalue weighted by Gasteiger charge is -2.35. The molecule has 37 heavy (non-hydrogen) atoms. The van der Waals surface area contributed by atoms with Crippen LogP contribution in [0.1, 0.15) is 50.5 Å². The molecule has 0 radical (unpaired) electrons. The first kappa shape index (κ1) is 25.1. The number of benzene rings is 2. The van der Waals surface area contributed by atoms with Gasteiger partial charge < -0.3 is 10.4 Å². The van der Waals surface area contributed by atoms with Crippen LogP contribution in [0.15, 0.2) is 36.5 Å². The zero-order valence-electron chi connectivity index (χ0n) is 20.6. The largest absolute Gasteiger partial charge is 0.505 e. The number of pyridine rings is 1. The molecule has 0 bridgehead atoms. The molecule has 0 amide bonds. The Bertz CT molecular complexity index is 1300. The molecule has 1 aliphatic heterocycles. The van der Waals surface area contributed by atoms with Gasteiger partial charge in [0.1, 0.15) is 0 Å². The number of nitrogens with zero attached hydrogens (tertiary/aromatic N) is 2. The van der Waals surface area contributed by atoms with Crippen LogP contribution in [0.5, 0.6) is 5.75 Å². The third-order valence-corrected chi connectivity index (χ3v) is 8.84. The number of hydrogen-bond acceptors (Lipinski definition) is 4. The number of hydrogen-bond donors (Lipinski definition) is 2. The number of halogens is 4. The lowest BCUT2D eigenvalue weighted by Crippen LogP contribution is -2.40. The Hall–Kier alpha value is -2.15. The summed E-state index contributed by atoms with van der Waals surface area (Å²) in [5.41, 5.74) is 5.05. The quantitative estimate of drug-likeness (QED) is 0.330. The van der Waals surface area contributed by atoms with Crippen molar-refractivity contribution < 1.29 is 13.9 Å². The van der Waals surface area contributed by atoms with Crippen molar-refractivity contribution in [1.82, 2.24) is 9.88 Å². The van der Waals surface area contributed by atoms with Gasteiger partial charge >= 0.3 is 0 Å². The van der Waals surface area contributed by atoms with E-state index in [2.05, 4.69) is 11.4 Å². The van der Waals surface area contributed by atoms with E-state index in [0.29, 0.717) is 18.5 Å². The molecule has 1 saturated heterocycles. The smallest absolute Gasteiger partial charge is 0.261 e. The number of aromatic hydroxyl groups is 1. The highest BCUT2D eigenvalue weighted by molar-refractivity contribution is 6.37. The molecule has 2 aromatic carbocycles. The van der Waals surface area contributed by atoms with E-state index < -0.39 is 5.92 Å². The molecule has 0 unspecified atom stereocenters. The second-order valence-electron chi connectivity index (χ2n) is 11.1. The fourth-order valence-electron chi connectivity index (χ4n) is 5.97. The van der Waals surface area contributed by atoms with E-state index in [9.17, 15) is 13.9 Å². The summed E-state index contributed by atoms with van der Waals surface area (Å²) in [5, 5.41) is 15.3. The summed E-state index contributed by atoms with van der Waals surface area (Å²) in [6, 6.07) is 10.1. The highest BCUT2D eigenvalue weighted by Crippen LogP contribution is 2.41. The Labute approximate surface area is 226 Å². The SMILES string of the molecule is Oc1c(Cl)cc(-c2ccc3ncc(CC4CC4)c(NC4CCC(N5CCC(F)(F)C5)CC4)c3c2)cc1Cl. The van der Waals surface area contributed by atoms with Crippen LogP contribution >= 0.6 is 23.2 Å². The van der Waals surface area contributed by atoms with Crippen molar-refractivity contribution in [3.63, 3.8) is 0 Å². The Balaban J connectivity index is 1.28. The molecule has 3 aromatic rings. The normalized spacial score (nSPS) is 24.0. The number of fused-ring (bicyclic) bond motifs is 1. The second kappa shape index (κ2) is 9.87. The zero-order chi connectivity index (χ0) is 25.7. The number of likely N-dealkylation sites (tertiary alicyclic amines) is 1. The van der Waals surface area contributed by atoms with Crippen molar-refractivity contribution in [2.75, 3.05) is 18.4 Å². The van der Waals surface area contributed by atoms with Crippen LogP contribution in [-0.2, 0) is 6.42 Å². The Morgan fingerprint density at radius 1 is 1.00 bits per heavy atom. The summed E-state index contributed by atoms with van der Waals surface area (Å²) in [6.45, 7) is 0.411. The Kier molecular flexibility index (Phi) is 6.70. The van der Waals surface area contributed by atoms with E-state index in [-0.39, 0.29) is 34.8 Å². The first-order valence-electron chi connectivity index (χ1n) is 13.2. The lowest BCUT2D eigenvalue weighted by molar-refractivity contribution is 0.00535.